The van der Waals surface area contributed by atoms with E-state index in [0.29, 0.717) is 5.75 Å². The van der Waals surface area contributed by atoms with Gasteiger partial charge in [-0.05, 0) is 34.7 Å². The smallest absolute Gasteiger partial charge is 0.258 e. The Bertz CT molecular complexity index is 1000. The Balaban J connectivity index is 1.59. The molecule has 0 aliphatic heterocycles. The molecule has 0 aliphatic carbocycles. The molecule has 1 heterocycles. The van der Waals surface area contributed by atoms with Gasteiger partial charge in [-0.25, -0.2) is 0 Å². The maximum Gasteiger partial charge on any atom is 0.258 e. The van der Waals surface area contributed by atoms with Crippen LogP contribution in [-0.4, -0.2) is 29.5 Å². The summed E-state index contributed by atoms with van der Waals surface area (Å²) in [7, 11) is 0. The third kappa shape index (κ3) is 5.16. The highest BCUT2D eigenvalue weighted by atomic mass is 16.5. The molecule has 0 aliphatic rings. The number of hydrogen-bond acceptors (Lipinski definition) is 4. The lowest BCUT2D eigenvalue weighted by molar-refractivity contribution is -0.308. The average molecular weight is 393 g/mol. The molecule has 0 radical (unpaired) electrons. The van der Waals surface area contributed by atoms with Gasteiger partial charge in [0.15, 0.2) is 6.61 Å². The molecule has 3 rings (SSSR count). The van der Waals surface area contributed by atoms with Crippen LogP contribution in [0.5, 0.6) is 5.75 Å². The number of aromatic amines is 1. The number of carbonyl (C=O) groups excluding carboxylic acids is 2. The van der Waals surface area contributed by atoms with Gasteiger partial charge in [0, 0.05) is 23.5 Å². The molecule has 0 spiro atoms. The number of aliphatic carboxylic acids is 1. The van der Waals surface area contributed by atoms with Crippen molar-refractivity contribution in [2.75, 3.05) is 6.61 Å². The fraction of sp³-hybridized carbons (Fsp3) is 0.304. The second-order valence-electron chi connectivity index (χ2n) is 8.07. The van der Waals surface area contributed by atoms with Gasteiger partial charge in [-0.3, -0.25) is 4.79 Å². The first-order valence-electron chi connectivity index (χ1n) is 9.52. The Morgan fingerprint density at radius 3 is 2.45 bits per heavy atom. The SMILES string of the molecule is CC(C)(C)c1ccc(OCC(=O)N[C@@H](Cc2c[nH]c3ccccc23)C(=O)[O-])cc1. The molecule has 6 nitrogen and oxygen atoms in total. The van der Waals surface area contributed by atoms with E-state index in [1.807, 2.05) is 36.4 Å². The number of benzene rings is 2. The summed E-state index contributed by atoms with van der Waals surface area (Å²) in [5.74, 6) is -1.30. The van der Waals surface area contributed by atoms with E-state index in [1.54, 1.807) is 18.3 Å². The zero-order valence-electron chi connectivity index (χ0n) is 16.8. The van der Waals surface area contributed by atoms with Gasteiger partial charge < -0.3 is 24.9 Å². The predicted molar refractivity (Wildman–Crippen MR) is 110 cm³/mol. The zero-order chi connectivity index (χ0) is 21.0. The van der Waals surface area contributed by atoms with Crippen LogP contribution in [0.25, 0.3) is 10.9 Å². The van der Waals surface area contributed by atoms with Crippen LogP contribution in [0, 0.1) is 0 Å². The molecule has 2 aromatic carbocycles. The lowest BCUT2D eigenvalue weighted by Gasteiger charge is -2.20. The Kier molecular flexibility index (Phi) is 5.92. The predicted octanol–water partition coefficient (Wildman–Crippen LogP) is 2.32. The molecular weight excluding hydrogens is 368 g/mol. The second kappa shape index (κ2) is 8.39. The number of aromatic nitrogens is 1. The van der Waals surface area contributed by atoms with E-state index in [-0.39, 0.29) is 18.4 Å². The maximum atomic E-state index is 12.2. The Morgan fingerprint density at radius 1 is 1.10 bits per heavy atom. The lowest BCUT2D eigenvalue weighted by Crippen LogP contribution is -2.50. The van der Waals surface area contributed by atoms with E-state index >= 15 is 0 Å². The highest BCUT2D eigenvalue weighted by Crippen LogP contribution is 2.24. The van der Waals surface area contributed by atoms with Crippen LogP contribution in [0.15, 0.2) is 54.7 Å². The van der Waals surface area contributed by atoms with Gasteiger partial charge in [0.1, 0.15) is 5.75 Å². The van der Waals surface area contributed by atoms with Gasteiger partial charge in [0.25, 0.3) is 5.91 Å². The van der Waals surface area contributed by atoms with Crippen molar-refractivity contribution in [3.8, 4) is 5.75 Å². The molecule has 3 aromatic rings. The van der Waals surface area contributed by atoms with E-state index < -0.39 is 17.9 Å². The quantitative estimate of drug-likeness (QED) is 0.644. The summed E-state index contributed by atoms with van der Waals surface area (Å²) in [6, 6.07) is 13.9. The third-order valence-electron chi connectivity index (χ3n) is 4.81. The summed E-state index contributed by atoms with van der Waals surface area (Å²) in [5.41, 5.74) is 2.90. The molecular formula is C23H25N2O4-. The highest BCUT2D eigenvalue weighted by Gasteiger charge is 2.17. The Labute approximate surface area is 169 Å². The van der Waals surface area contributed by atoms with Gasteiger partial charge in [0.2, 0.25) is 0 Å². The molecule has 29 heavy (non-hydrogen) atoms. The monoisotopic (exact) mass is 393 g/mol. The summed E-state index contributed by atoms with van der Waals surface area (Å²) in [4.78, 5) is 26.8. The normalized spacial score (nSPS) is 12.5. The topological polar surface area (TPSA) is 94.2 Å². The van der Waals surface area contributed by atoms with Gasteiger partial charge in [-0.2, -0.15) is 0 Å². The first-order chi connectivity index (χ1) is 13.7. The van der Waals surface area contributed by atoms with E-state index in [9.17, 15) is 14.7 Å². The molecule has 152 valence electrons. The van der Waals surface area contributed by atoms with E-state index in [1.165, 1.54) is 0 Å². The van der Waals surface area contributed by atoms with E-state index in [0.717, 1.165) is 22.0 Å². The average Bonchev–Trinajstić information content (AvgIpc) is 3.08. The van der Waals surface area contributed by atoms with Crippen LogP contribution in [0.2, 0.25) is 0 Å². The van der Waals surface area contributed by atoms with Gasteiger partial charge in [0.05, 0.1) is 12.0 Å². The number of para-hydroxylation sites is 1. The summed E-state index contributed by atoms with van der Waals surface area (Å²) < 4.78 is 5.49. The third-order valence-corrected chi connectivity index (χ3v) is 4.81. The number of carboxylic acid groups (broad SMARTS) is 1. The van der Waals surface area contributed by atoms with Crippen LogP contribution in [0.3, 0.4) is 0 Å². The number of carboxylic acids is 1. The van der Waals surface area contributed by atoms with Crippen LogP contribution in [-0.2, 0) is 21.4 Å². The summed E-state index contributed by atoms with van der Waals surface area (Å²) >= 11 is 0. The fourth-order valence-electron chi connectivity index (χ4n) is 3.15. The standard InChI is InChI=1S/C23H26N2O4/c1-23(2,3)16-8-10-17(11-9-16)29-14-21(26)25-20(22(27)28)12-15-13-24-19-7-5-4-6-18(15)19/h4-11,13,20,24H,12,14H2,1-3H3,(H,25,26)(H,27,28)/p-1/t20-/m0/s1. The minimum absolute atomic E-state index is 0.0278. The van der Waals surface area contributed by atoms with E-state index in [4.69, 9.17) is 4.74 Å². The van der Waals surface area contributed by atoms with Crippen molar-refractivity contribution in [3.63, 3.8) is 0 Å². The van der Waals surface area contributed by atoms with Crippen LogP contribution in [0.4, 0.5) is 0 Å². The van der Waals surface area contributed by atoms with Gasteiger partial charge in [-0.1, -0.05) is 51.1 Å². The first kappa shape index (κ1) is 20.5. The molecule has 1 aromatic heterocycles. The molecule has 0 unspecified atom stereocenters. The summed E-state index contributed by atoms with van der Waals surface area (Å²) in [6.45, 7) is 6.07. The number of rotatable bonds is 7. The fourth-order valence-corrected chi connectivity index (χ4v) is 3.15. The number of fused-ring (bicyclic) bond motifs is 1. The van der Waals surface area contributed by atoms with Gasteiger partial charge in [-0.15, -0.1) is 0 Å². The number of nitrogens with one attached hydrogen (secondary N) is 2. The van der Waals surface area contributed by atoms with Crippen LogP contribution < -0.4 is 15.2 Å². The second-order valence-corrected chi connectivity index (χ2v) is 8.07. The van der Waals surface area contributed by atoms with Crippen molar-refractivity contribution in [1.82, 2.24) is 10.3 Å². The van der Waals surface area contributed by atoms with Crippen molar-refractivity contribution in [2.24, 2.45) is 0 Å². The van der Waals surface area contributed by atoms with Crippen molar-refractivity contribution < 1.29 is 19.4 Å². The molecule has 1 atom stereocenters. The summed E-state index contributed by atoms with van der Waals surface area (Å²) in [5, 5.41) is 14.9. The van der Waals surface area contributed by atoms with Crippen LogP contribution >= 0.6 is 0 Å². The molecule has 2 N–H and O–H groups in total. The highest BCUT2D eigenvalue weighted by molar-refractivity contribution is 5.86. The summed E-state index contributed by atoms with van der Waals surface area (Å²) in [6.07, 6.45) is 1.87. The molecule has 1 amide bonds. The molecule has 0 saturated carbocycles. The Hall–Kier alpha value is -3.28. The lowest BCUT2D eigenvalue weighted by atomic mass is 9.87. The molecule has 0 fully saturated rings. The Morgan fingerprint density at radius 2 is 1.79 bits per heavy atom. The van der Waals surface area contributed by atoms with Gasteiger partial charge >= 0.3 is 0 Å². The van der Waals surface area contributed by atoms with Crippen molar-refractivity contribution in [3.05, 3.63) is 65.9 Å². The number of hydrogen-bond donors (Lipinski definition) is 2. The minimum atomic E-state index is -1.34. The maximum absolute atomic E-state index is 12.2. The number of carbonyl (C=O) groups is 2. The number of amides is 1. The van der Waals surface area contributed by atoms with Crippen molar-refractivity contribution in [2.45, 2.75) is 38.6 Å². The van der Waals surface area contributed by atoms with Crippen LogP contribution in [0.1, 0.15) is 31.9 Å². The first-order valence-corrected chi connectivity index (χ1v) is 9.52. The molecule has 6 heteroatoms. The van der Waals surface area contributed by atoms with Crippen molar-refractivity contribution >= 4 is 22.8 Å². The molecule has 0 saturated heterocycles. The van der Waals surface area contributed by atoms with Crippen molar-refractivity contribution in [1.29, 1.82) is 0 Å². The zero-order valence-corrected chi connectivity index (χ0v) is 16.8. The number of H-pyrrole nitrogens is 1. The number of ether oxygens (including phenoxy) is 1. The molecule has 0 bridgehead atoms. The largest absolute Gasteiger partial charge is 0.548 e. The minimum Gasteiger partial charge on any atom is -0.548 e. The van der Waals surface area contributed by atoms with E-state index in [2.05, 4.69) is 31.1 Å².